The van der Waals surface area contributed by atoms with Crippen LogP contribution in [0.4, 0.5) is 16.4 Å². The number of nitrogens with zero attached hydrogens (tertiary/aromatic N) is 1. The van der Waals surface area contributed by atoms with Crippen molar-refractivity contribution in [2.45, 2.75) is 0 Å². The van der Waals surface area contributed by atoms with Gasteiger partial charge in [0, 0.05) is 22.8 Å². The monoisotopic (exact) mass is 263 g/mol. The third-order valence-electron chi connectivity index (χ3n) is 2.20. The Labute approximate surface area is 106 Å². The van der Waals surface area contributed by atoms with E-state index in [0.29, 0.717) is 11.4 Å². The minimum Gasteiger partial charge on any atom is -0.399 e. The molecule has 0 saturated heterocycles. The van der Waals surface area contributed by atoms with Crippen LogP contribution in [0.25, 0.3) is 0 Å². The van der Waals surface area contributed by atoms with Crippen LogP contribution in [-0.2, 0) is 0 Å². The van der Waals surface area contributed by atoms with Crippen LogP contribution < -0.4 is 11.1 Å². The highest BCUT2D eigenvalue weighted by Crippen LogP contribution is 2.23. The number of hydrogen-bond acceptors (Lipinski definition) is 5. The summed E-state index contributed by atoms with van der Waals surface area (Å²) in [5, 5.41) is 14.5. The Morgan fingerprint density at radius 3 is 2.56 bits per heavy atom. The summed E-state index contributed by atoms with van der Waals surface area (Å²) in [6.45, 7) is 0. The van der Waals surface area contributed by atoms with Crippen molar-refractivity contribution in [3.8, 4) is 0 Å². The number of nitrogen functional groups attached to an aromatic ring is 1. The average molecular weight is 263 g/mol. The van der Waals surface area contributed by atoms with Crippen LogP contribution in [0.5, 0.6) is 0 Å². The van der Waals surface area contributed by atoms with E-state index < -0.39 is 4.92 Å². The number of thiophene rings is 1. The molecule has 92 valence electrons. The highest BCUT2D eigenvalue weighted by atomic mass is 32.1. The van der Waals surface area contributed by atoms with Gasteiger partial charge in [0.25, 0.3) is 5.91 Å². The van der Waals surface area contributed by atoms with E-state index in [4.69, 9.17) is 5.73 Å². The van der Waals surface area contributed by atoms with Gasteiger partial charge in [0.05, 0.1) is 10.5 Å². The first-order valence-electron chi connectivity index (χ1n) is 4.96. The Balaban J connectivity index is 2.11. The molecule has 7 heteroatoms. The summed E-state index contributed by atoms with van der Waals surface area (Å²) in [6, 6.07) is 7.89. The molecule has 0 aliphatic heterocycles. The molecule has 0 radical (unpaired) electrons. The molecule has 3 N–H and O–H groups in total. The number of nitro groups is 1. The zero-order valence-electron chi connectivity index (χ0n) is 9.12. The van der Waals surface area contributed by atoms with Crippen LogP contribution in [0.3, 0.4) is 0 Å². The maximum atomic E-state index is 11.8. The molecule has 0 atom stereocenters. The van der Waals surface area contributed by atoms with Crippen molar-refractivity contribution in [3.05, 3.63) is 51.4 Å². The van der Waals surface area contributed by atoms with Gasteiger partial charge in [0.1, 0.15) is 0 Å². The lowest BCUT2D eigenvalue weighted by Crippen LogP contribution is -2.10. The molecule has 0 saturated carbocycles. The van der Waals surface area contributed by atoms with Crippen LogP contribution in [0.15, 0.2) is 35.7 Å². The Kier molecular flexibility index (Phi) is 3.24. The summed E-state index contributed by atoms with van der Waals surface area (Å²) in [5.41, 5.74) is 6.97. The summed E-state index contributed by atoms with van der Waals surface area (Å²) in [5.74, 6) is -0.385. The predicted molar refractivity (Wildman–Crippen MR) is 69.8 cm³/mol. The van der Waals surface area contributed by atoms with Gasteiger partial charge in [-0.2, -0.15) is 0 Å². The van der Waals surface area contributed by atoms with Crippen LogP contribution in [0.2, 0.25) is 0 Å². The number of carbonyl (C=O) groups excluding carboxylic acids is 1. The van der Waals surface area contributed by atoms with E-state index in [1.54, 1.807) is 24.3 Å². The maximum Gasteiger partial charge on any atom is 0.324 e. The number of hydrogen-bond donors (Lipinski definition) is 2. The van der Waals surface area contributed by atoms with Gasteiger partial charge in [0.15, 0.2) is 0 Å². The summed E-state index contributed by atoms with van der Waals surface area (Å²) in [7, 11) is 0. The van der Waals surface area contributed by atoms with Crippen molar-refractivity contribution >= 4 is 33.6 Å². The molecule has 0 spiro atoms. The van der Waals surface area contributed by atoms with Crippen molar-refractivity contribution in [2.24, 2.45) is 0 Å². The van der Waals surface area contributed by atoms with Crippen molar-refractivity contribution in [1.29, 1.82) is 0 Å². The largest absolute Gasteiger partial charge is 0.399 e. The molecule has 0 aliphatic rings. The van der Waals surface area contributed by atoms with Crippen molar-refractivity contribution < 1.29 is 9.72 Å². The highest BCUT2D eigenvalue weighted by Gasteiger charge is 2.14. The number of rotatable bonds is 3. The summed E-state index contributed by atoms with van der Waals surface area (Å²) in [4.78, 5) is 21.8. The molecule has 2 rings (SSSR count). The molecule has 2 aromatic rings. The highest BCUT2D eigenvalue weighted by molar-refractivity contribution is 7.13. The number of nitrogens with two attached hydrogens (primary N) is 1. The molecule has 1 aromatic heterocycles. The zero-order chi connectivity index (χ0) is 13.1. The first kappa shape index (κ1) is 12.1. The van der Waals surface area contributed by atoms with Gasteiger partial charge in [-0.3, -0.25) is 14.9 Å². The Morgan fingerprint density at radius 2 is 2.00 bits per heavy atom. The number of benzene rings is 1. The minimum atomic E-state index is -0.523. The number of anilines is 2. The molecule has 18 heavy (non-hydrogen) atoms. The SMILES string of the molecule is Nc1ccc(NC(=O)c2csc([N+](=O)[O-])c2)cc1. The molecular formula is C11H9N3O3S. The van der Waals surface area contributed by atoms with E-state index >= 15 is 0 Å². The lowest BCUT2D eigenvalue weighted by molar-refractivity contribution is -0.380. The zero-order valence-corrected chi connectivity index (χ0v) is 9.94. The minimum absolute atomic E-state index is 0.0579. The fourth-order valence-electron chi connectivity index (χ4n) is 1.31. The van der Waals surface area contributed by atoms with E-state index in [2.05, 4.69) is 5.32 Å². The maximum absolute atomic E-state index is 11.8. The normalized spacial score (nSPS) is 10.0. The molecule has 1 heterocycles. The molecule has 0 unspecified atom stereocenters. The van der Waals surface area contributed by atoms with Crippen LogP contribution in [-0.4, -0.2) is 10.8 Å². The molecule has 0 fully saturated rings. The number of nitrogens with one attached hydrogen (secondary N) is 1. The quantitative estimate of drug-likeness (QED) is 0.505. The van der Waals surface area contributed by atoms with E-state index in [1.165, 1.54) is 11.4 Å². The smallest absolute Gasteiger partial charge is 0.324 e. The first-order valence-corrected chi connectivity index (χ1v) is 5.84. The van der Waals surface area contributed by atoms with Crippen LogP contribution in [0, 0.1) is 10.1 Å². The Bertz CT molecular complexity index is 592. The van der Waals surface area contributed by atoms with Gasteiger partial charge in [0.2, 0.25) is 0 Å². The Morgan fingerprint density at radius 1 is 1.33 bits per heavy atom. The second kappa shape index (κ2) is 4.84. The molecule has 6 nitrogen and oxygen atoms in total. The van der Waals surface area contributed by atoms with Gasteiger partial charge < -0.3 is 11.1 Å². The van der Waals surface area contributed by atoms with Crippen molar-refractivity contribution in [2.75, 3.05) is 11.1 Å². The van der Waals surface area contributed by atoms with Crippen LogP contribution in [0.1, 0.15) is 10.4 Å². The lowest BCUT2D eigenvalue weighted by Gasteiger charge is -2.03. The average Bonchev–Trinajstić information content (AvgIpc) is 2.81. The van der Waals surface area contributed by atoms with E-state index in [9.17, 15) is 14.9 Å². The summed E-state index contributed by atoms with van der Waals surface area (Å²) < 4.78 is 0. The fourth-order valence-corrected chi connectivity index (χ4v) is 2.01. The van der Waals surface area contributed by atoms with Gasteiger partial charge >= 0.3 is 5.00 Å². The van der Waals surface area contributed by atoms with Gasteiger partial charge in [-0.15, -0.1) is 0 Å². The van der Waals surface area contributed by atoms with Crippen molar-refractivity contribution in [1.82, 2.24) is 0 Å². The van der Waals surface area contributed by atoms with E-state index in [0.717, 1.165) is 11.3 Å². The number of amides is 1. The molecule has 1 aromatic carbocycles. The topological polar surface area (TPSA) is 98.3 Å². The van der Waals surface area contributed by atoms with Gasteiger partial charge in [-0.1, -0.05) is 11.3 Å². The van der Waals surface area contributed by atoms with E-state index in [-0.39, 0.29) is 16.5 Å². The fraction of sp³-hybridized carbons (Fsp3) is 0. The predicted octanol–water partition coefficient (Wildman–Crippen LogP) is 2.49. The van der Waals surface area contributed by atoms with E-state index in [1.807, 2.05) is 0 Å². The Hall–Kier alpha value is -2.41. The second-order valence-electron chi connectivity index (χ2n) is 3.51. The summed E-state index contributed by atoms with van der Waals surface area (Å²) >= 11 is 0.919. The molecule has 0 aliphatic carbocycles. The van der Waals surface area contributed by atoms with Gasteiger partial charge in [-0.25, -0.2) is 0 Å². The molecular weight excluding hydrogens is 254 g/mol. The second-order valence-corrected chi connectivity index (χ2v) is 4.40. The molecule has 0 bridgehead atoms. The molecule has 1 amide bonds. The standard InChI is InChI=1S/C11H9N3O3S/c12-8-1-3-9(4-2-8)13-11(15)7-5-10(14(16)17)18-6-7/h1-6H,12H2,(H,13,15). The third-order valence-corrected chi connectivity index (χ3v) is 3.08. The summed E-state index contributed by atoms with van der Waals surface area (Å²) in [6.07, 6.45) is 0. The third kappa shape index (κ3) is 2.64. The lowest BCUT2D eigenvalue weighted by atomic mass is 10.2. The van der Waals surface area contributed by atoms with Gasteiger partial charge in [-0.05, 0) is 24.3 Å². The number of carbonyl (C=O) groups is 1. The van der Waals surface area contributed by atoms with Crippen molar-refractivity contribution in [3.63, 3.8) is 0 Å². The first-order chi connectivity index (χ1) is 8.56. The van der Waals surface area contributed by atoms with Crippen LogP contribution >= 0.6 is 11.3 Å².